The summed E-state index contributed by atoms with van der Waals surface area (Å²) in [5.74, 6) is -3.13. The molecule has 0 atom stereocenters. The molecule has 0 radical (unpaired) electrons. The van der Waals surface area contributed by atoms with Gasteiger partial charge in [-0.2, -0.15) is 0 Å². The lowest BCUT2D eigenvalue weighted by molar-refractivity contribution is -0.0600. The van der Waals surface area contributed by atoms with Crippen molar-refractivity contribution in [3.8, 4) is 0 Å². The molecule has 1 aromatic rings. The number of alkyl halides is 2. The van der Waals surface area contributed by atoms with Crippen LogP contribution >= 0.6 is 0 Å². The lowest BCUT2D eigenvalue weighted by Gasteiger charge is -2.35. The van der Waals surface area contributed by atoms with E-state index < -0.39 is 11.3 Å². The molecule has 0 N–H and O–H groups in total. The van der Waals surface area contributed by atoms with Crippen LogP contribution in [0.4, 0.5) is 13.2 Å². The number of hydrogen-bond acceptors (Lipinski definition) is 0. The van der Waals surface area contributed by atoms with Gasteiger partial charge in [0.25, 0.3) is 5.92 Å². The molecule has 3 heteroatoms. The van der Waals surface area contributed by atoms with E-state index in [0.717, 1.165) is 19.8 Å². The Morgan fingerprint density at radius 1 is 1.06 bits per heavy atom. The van der Waals surface area contributed by atoms with Crippen LogP contribution in [0.2, 0.25) is 0 Å². The molecule has 0 aromatic heterocycles. The minimum atomic E-state index is -2.75. The van der Waals surface area contributed by atoms with Gasteiger partial charge in [0.1, 0.15) is 5.82 Å². The van der Waals surface area contributed by atoms with E-state index in [1.54, 1.807) is 0 Å². The third-order valence-corrected chi connectivity index (χ3v) is 3.69. The SMILES string of the molecule is CC(F)(F)C1(c2ccc(F)cc2)CCCC1. The van der Waals surface area contributed by atoms with Crippen LogP contribution in [0.5, 0.6) is 0 Å². The fourth-order valence-corrected chi connectivity index (χ4v) is 2.73. The normalized spacial score (nSPS) is 20.0. The van der Waals surface area contributed by atoms with E-state index >= 15 is 0 Å². The quantitative estimate of drug-likeness (QED) is 0.708. The van der Waals surface area contributed by atoms with Crippen LogP contribution < -0.4 is 0 Å². The molecule has 0 heterocycles. The zero-order valence-corrected chi connectivity index (χ0v) is 9.27. The van der Waals surface area contributed by atoms with Crippen LogP contribution in [-0.2, 0) is 5.41 Å². The molecule has 1 fully saturated rings. The highest BCUT2D eigenvalue weighted by Gasteiger charge is 2.52. The van der Waals surface area contributed by atoms with Gasteiger partial charge in [-0.3, -0.25) is 0 Å². The van der Waals surface area contributed by atoms with Crippen molar-refractivity contribution in [3.63, 3.8) is 0 Å². The molecule has 1 aliphatic rings. The molecule has 0 saturated heterocycles. The van der Waals surface area contributed by atoms with E-state index in [1.165, 1.54) is 24.3 Å². The third-order valence-electron chi connectivity index (χ3n) is 3.69. The lowest BCUT2D eigenvalue weighted by atomic mass is 9.74. The largest absolute Gasteiger partial charge is 0.254 e. The van der Waals surface area contributed by atoms with Gasteiger partial charge in [0, 0.05) is 6.92 Å². The summed E-state index contributed by atoms with van der Waals surface area (Å²) in [5.41, 5.74) is -0.514. The predicted molar refractivity (Wildman–Crippen MR) is 57.2 cm³/mol. The van der Waals surface area contributed by atoms with E-state index in [-0.39, 0.29) is 5.82 Å². The van der Waals surface area contributed by atoms with Crippen molar-refractivity contribution in [2.45, 2.75) is 43.9 Å². The van der Waals surface area contributed by atoms with Crippen molar-refractivity contribution in [3.05, 3.63) is 35.6 Å². The van der Waals surface area contributed by atoms with Gasteiger partial charge in [0.2, 0.25) is 0 Å². The van der Waals surface area contributed by atoms with E-state index in [2.05, 4.69) is 0 Å². The highest BCUT2D eigenvalue weighted by atomic mass is 19.3. The van der Waals surface area contributed by atoms with Crippen LogP contribution in [0.25, 0.3) is 0 Å². The summed E-state index contributed by atoms with van der Waals surface area (Å²) >= 11 is 0. The maximum absolute atomic E-state index is 13.8. The number of halogens is 3. The molecule has 2 rings (SSSR count). The fraction of sp³-hybridized carbons (Fsp3) is 0.538. The van der Waals surface area contributed by atoms with Gasteiger partial charge in [-0.15, -0.1) is 0 Å². The van der Waals surface area contributed by atoms with Gasteiger partial charge in [-0.25, -0.2) is 13.2 Å². The molecule has 0 aliphatic heterocycles. The first-order valence-electron chi connectivity index (χ1n) is 5.60. The van der Waals surface area contributed by atoms with Gasteiger partial charge in [-0.1, -0.05) is 25.0 Å². The molecule has 16 heavy (non-hydrogen) atoms. The Hall–Kier alpha value is -0.990. The highest BCUT2D eigenvalue weighted by molar-refractivity contribution is 5.30. The van der Waals surface area contributed by atoms with Crippen LogP contribution in [0.3, 0.4) is 0 Å². The molecule has 0 nitrogen and oxygen atoms in total. The Kier molecular flexibility index (Phi) is 2.72. The first-order valence-corrected chi connectivity index (χ1v) is 5.60. The average Bonchev–Trinajstić information content (AvgIpc) is 2.68. The fourth-order valence-electron chi connectivity index (χ4n) is 2.73. The van der Waals surface area contributed by atoms with Gasteiger partial charge >= 0.3 is 0 Å². The van der Waals surface area contributed by atoms with Gasteiger partial charge in [-0.05, 0) is 30.5 Å². The summed E-state index contributed by atoms with van der Waals surface area (Å²) in [5, 5.41) is 0. The summed E-state index contributed by atoms with van der Waals surface area (Å²) < 4.78 is 40.4. The summed E-state index contributed by atoms with van der Waals surface area (Å²) in [6, 6.07) is 5.53. The Bertz CT molecular complexity index is 356. The maximum atomic E-state index is 13.8. The molecule has 0 unspecified atom stereocenters. The molecule has 0 spiro atoms. The van der Waals surface area contributed by atoms with Crippen LogP contribution in [-0.4, -0.2) is 5.92 Å². The molecular weight excluding hydrogens is 213 g/mol. The van der Waals surface area contributed by atoms with Gasteiger partial charge in [0.15, 0.2) is 0 Å². The van der Waals surface area contributed by atoms with Crippen molar-refractivity contribution >= 4 is 0 Å². The van der Waals surface area contributed by atoms with E-state index in [4.69, 9.17) is 0 Å². The third kappa shape index (κ3) is 1.72. The molecule has 0 amide bonds. The Labute approximate surface area is 93.5 Å². The Balaban J connectivity index is 2.44. The van der Waals surface area contributed by atoms with Gasteiger partial charge in [0.05, 0.1) is 5.41 Å². The topological polar surface area (TPSA) is 0 Å². The molecule has 88 valence electrons. The predicted octanol–water partition coefficient (Wildman–Crippen LogP) is 4.29. The second kappa shape index (κ2) is 3.79. The number of benzene rings is 1. The Morgan fingerprint density at radius 3 is 2.00 bits per heavy atom. The molecule has 1 aliphatic carbocycles. The first kappa shape index (κ1) is 11.5. The summed E-state index contributed by atoms with van der Waals surface area (Å²) in [6.45, 7) is 0.974. The number of hydrogen-bond donors (Lipinski definition) is 0. The zero-order chi connectivity index (χ0) is 11.8. The maximum Gasteiger partial charge on any atom is 0.254 e. The van der Waals surface area contributed by atoms with Crippen LogP contribution in [0.1, 0.15) is 38.2 Å². The number of rotatable bonds is 2. The average molecular weight is 228 g/mol. The van der Waals surface area contributed by atoms with Crippen molar-refractivity contribution in [1.29, 1.82) is 0 Å². The van der Waals surface area contributed by atoms with E-state index in [9.17, 15) is 13.2 Å². The smallest absolute Gasteiger partial charge is 0.207 e. The van der Waals surface area contributed by atoms with Crippen molar-refractivity contribution in [1.82, 2.24) is 0 Å². The Morgan fingerprint density at radius 2 is 1.56 bits per heavy atom. The molecule has 0 bridgehead atoms. The minimum Gasteiger partial charge on any atom is -0.207 e. The van der Waals surface area contributed by atoms with Crippen LogP contribution in [0.15, 0.2) is 24.3 Å². The summed E-state index contributed by atoms with van der Waals surface area (Å²) in [4.78, 5) is 0. The van der Waals surface area contributed by atoms with E-state index in [0.29, 0.717) is 18.4 Å². The van der Waals surface area contributed by atoms with E-state index in [1.807, 2.05) is 0 Å². The van der Waals surface area contributed by atoms with Crippen molar-refractivity contribution in [2.75, 3.05) is 0 Å². The highest BCUT2D eigenvalue weighted by Crippen LogP contribution is 2.51. The standard InChI is InChI=1S/C13H15F3/c1-12(15,16)13(8-2-3-9-13)10-4-6-11(14)7-5-10/h4-7H,2-3,8-9H2,1H3. The monoisotopic (exact) mass is 228 g/mol. The summed E-state index contributed by atoms with van der Waals surface area (Å²) in [6.07, 6.45) is 2.62. The summed E-state index contributed by atoms with van der Waals surface area (Å²) in [7, 11) is 0. The first-order chi connectivity index (χ1) is 7.46. The van der Waals surface area contributed by atoms with Gasteiger partial charge < -0.3 is 0 Å². The lowest BCUT2D eigenvalue weighted by Crippen LogP contribution is -2.40. The second-order valence-electron chi connectivity index (χ2n) is 4.68. The van der Waals surface area contributed by atoms with Crippen molar-refractivity contribution in [2.24, 2.45) is 0 Å². The molecular formula is C13H15F3. The van der Waals surface area contributed by atoms with Crippen LogP contribution in [0, 0.1) is 5.82 Å². The minimum absolute atomic E-state index is 0.378. The van der Waals surface area contributed by atoms with Crippen molar-refractivity contribution < 1.29 is 13.2 Å². The zero-order valence-electron chi connectivity index (χ0n) is 9.27. The molecule has 1 aromatic carbocycles. The second-order valence-corrected chi connectivity index (χ2v) is 4.68. The molecule has 1 saturated carbocycles.